The summed E-state index contributed by atoms with van der Waals surface area (Å²) in [7, 11) is 1.73. The molecule has 1 amide bonds. The van der Waals surface area contributed by atoms with Crippen molar-refractivity contribution in [2.45, 2.75) is 26.7 Å². The highest BCUT2D eigenvalue weighted by Gasteiger charge is 2.03. The first-order chi connectivity index (χ1) is 10.5. The predicted molar refractivity (Wildman–Crippen MR) is 96.2 cm³/mol. The smallest absolute Gasteiger partial charge is 0.226 e. The number of carbonyl (C=O) groups is 1. The van der Waals surface area contributed by atoms with Crippen molar-refractivity contribution in [1.82, 2.24) is 10.6 Å². The molecule has 0 spiro atoms. The minimum atomic E-state index is -0.0209. The number of benzene rings is 1. The molecule has 22 heavy (non-hydrogen) atoms. The molecule has 0 aliphatic rings. The molecule has 0 aliphatic heterocycles. The number of aliphatic imine (C=N–C) groups is 1. The molecule has 0 atom stereocenters. The van der Waals surface area contributed by atoms with E-state index in [1.54, 1.807) is 7.05 Å². The van der Waals surface area contributed by atoms with Gasteiger partial charge in [-0.15, -0.1) is 0 Å². The lowest BCUT2D eigenvalue weighted by Gasteiger charge is -2.12. The number of hydrogen-bond acceptors (Lipinski definition) is 2. The van der Waals surface area contributed by atoms with Crippen LogP contribution in [0.25, 0.3) is 0 Å². The van der Waals surface area contributed by atoms with Crippen LogP contribution in [0.1, 0.15) is 26.7 Å². The van der Waals surface area contributed by atoms with E-state index in [0.29, 0.717) is 18.9 Å². The van der Waals surface area contributed by atoms with Crippen molar-refractivity contribution in [2.75, 3.05) is 25.5 Å². The molecule has 0 saturated heterocycles. The summed E-state index contributed by atoms with van der Waals surface area (Å²) in [5.41, 5.74) is 0.799. The van der Waals surface area contributed by atoms with Crippen LogP contribution in [0.5, 0.6) is 0 Å². The van der Waals surface area contributed by atoms with Gasteiger partial charge in [0.05, 0.1) is 0 Å². The standard InChI is InChI=1S/C16H25BrN4O/c1-12(2)8-10-19-16(18-3)20-11-9-15(22)21-14-6-4-13(17)5-7-14/h4-7,12H,8-11H2,1-3H3,(H,21,22)(H2,18,19,20). The van der Waals surface area contributed by atoms with E-state index in [1.165, 1.54) is 0 Å². The molecule has 3 N–H and O–H groups in total. The number of halogens is 1. The van der Waals surface area contributed by atoms with E-state index in [0.717, 1.165) is 29.1 Å². The van der Waals surface area contributed by atoms with Crippen LogP contribution in [0.15, 0.2) is 33.7 Å². The van der Waals surface area contributed by atoms with Crippen LogP contribution in [-0.4, -0.2) is 32.0 Å². The van der Waals surface area contributed by atoms with Crippen LogP contribution in [0, 0.1) is 5.92 Å². The Hall–Kier alpha value is -1.56. The van der Waals surface area contributed by atoms with Gasteiger partial charge in [-0.1, -0.05) is 29.8 Å². The summed E-state index contributed by atoms with van der Waals surface area (Å²) in [6.45, 7) is 5.79. The normalized spacial score (nSPS) is 11.4. The minimum absolute atomic E-state index is 0.0209. The first-order valence-electron chi connectivity index (χ1n) is 7.51. The third-order valence-electron chi connectivity index (χ3n) is 3.01. The summed E-state index contributed by atoms with van der Waals surface area (Å²) in [6.07, 6.45) is 1.48. The zero-order chi connectivity index (χ0) is 16.4. The average molecular weight is 369 g/mol. The second-order valence-electron chi connectivity index (χ2n) is 5.41. The Morgan fingerprint density at radius 3 is 2.41 bits per heavy atom. The van der Waals surface area contributed by atoms with E-state index in [1.807, 2.05) is 24.3 Å². The Morgan fingerprint density at radius 2 is 1.82 bits per heavy atom. The maximum atomic E-state index is 11.8. The van der Waals surface area contributed by atoms with E-state index in [9.17, 15) is 4.79 Å². The van der Waals surface area contributed by atoms with Crippen molar-refractivity contribution in [3.8, 4) is 0 Å². The van der Waals surface area contributed by atoms with Crippen LogP contribution in [0.4, 0.5) is 5.69 Å². The van der Waals surface area contributed by atoms with E-state index < -0.39 is 0 Å². The maximum Gasteiger partial charge on any atom is 0.226 e. The second-order valence-corrected chi connectivity index (χ2v) is 6.33. The highest BCUT2D eigenvalue weighted by Crippen LogP contribution is 2.14. The summed E-state index contributed by atoms with van der Waals surface area (Å²) in [6, 6.07) is 7.52. The lowest BCUT2D eigenvalue weighted by Crippen LogP contribution is -2.39. The topological polar surface area (TPSA) is 65.5 Å². The predicted octanol–water partition coefficient (Wildman–Crippen LogP) is 2.99. The molecule has 0 aromatic heterocycles. The van der Waals surface area contributed by atoms with Crippen molar-refractivity contribution in [3.05, 3.63) is 28.7 Å². The van der Waals surface area contributed by atoms with Gasteiger partial charge in [0.2, 0.25) is 5.91 Å². The molecule has 5 nitrogen and oxygen atoms in total. The van der Waals surface area contributed by atoms with Crippen molar-refractivity contribution in [3.63, 3.8) is 0 Å². The van der Waals surface area contributed by atoms with Crippen LogP contribution in [0.3, 0.4) is 0 Å². The van der Waals surface area contributed by atoms with Crippen molar-refractivity contribution >= 4 is 33.5 Å². The minimum Gasteiger partial charge on any atom is -0.356 e. The monoisotopic (exact) mass is 368 g/mol. The first kappa shape index (κ1) is 18.5. The first-order valence-corrected chi connectivity index (χ1v) is 8.30. The van der Waals surface area contributed by atoms with Crippen molar-refractivity contribution < 1.29 is 4.79 Å². The number of nitrogens with one attached hydrogen (secondary N) is 3. The molecule has 0 bridgehead atoms. The van der Waals surface area contributed by atoms with Crippen LogP contribution in [0.2, 0.25) is 0 Å². The van der Waals surface area contributed by atoms with Gasteiger partial charge in [0.1, 0.15) is 0 Å². The lowest BCUT2D eigenvalue weighted by atomic mass is 10.1. The number of hydrogen-bond donors (Lipinski definition) is 3. The zero-order valence-corrected chi connectivity index (χ0v) is 15.0. The number of carbonyl (C=O) groups excluding carboxylic acids is 1. The fourth-order valence-corrected chi connectivity index (χ4v) is 2.02. The molecular weight excluding hydrogens is 344 g/mol. The number of anilines is 1. The van der Waals surface area contributed by atoms with Crippen LogP contribution in [-0.2, 0) is 4.79 Å². The Bertz CT molecular complexity index is 485. The van der Waals surface area contributed by atoms with Gasteiger partial charge in [-0.2, -0.15) is 0 Å². The van der Waals surface area contributed by atoms with E-state index in [4.69, 9.17) is 0 Å². The molecule has 6 heteroatoms. The number of nitrogens with zero attached hydrogens (tertiary/aromatic N) is 1. The van der Waals surface area contributed by atoms with E-state index in [2.05, 4.69) is 50.7 Å². The number of amides is 1. The maximum absolute atomic E-state index is 11.8. The van der Waals surface area contributed by atoms with Gasteiger partial charge in [0, 0.05) is 36.7 Å². The van der Waals surface area contributed by atoms with Crippen molar-refractivity contribution in [1.29, 1.82) is 0 Å². The van der Waals surface area contributed by atoms with Gasteiger partial charge in [0.15, 0.2) is 5.96 Å². The third kappa shape index (κ3) is 8.02. The van der Waals surface area contributed by atoms with Gasteiger partial charge in [-0.25, -0.2) is 0 Å². The lowest BCUT2D eigenvalue weighted by molar-refractivity contribution is -0.116. The molecule has 1 aromatic rings. The summed E-state index contributed by atoms with van der Waals surface area (Å²) < 4.78 is 0.989. The molecule has 0 saturated carbocycles. The Labute approximate surface area is 141 Å². The highest BCUT2D eigenvalue weighted by molar-refractivity contribution is 9.10. The zero-order valence-electron chi connectivity index (χ0n) is 13.4. The summed E-state index contributed by atoms with van der Waals surface area (Å²) in [5.74, 6) is 1.37. The van der Waals surface area contributed by atoms with Gasteiger partial charge in [0.25, 0.3) is 0 Å². The van der Waals surface area contributed by atoms with E-state index >= 15 is 0 Å². The van der Waals surface area contributed by atoms with Crippen LogP contribution >= 0.6 is 15.9 Å². The number of rotatable bonds is 7. The largest absolute Gasteiger partial charge is 0.356 e. The fraction of sp³-hybridized carbons (Fsp3) is 0.500. The Morgan fingerprint density at radius 1 is 1.18 bits per heavy atom. The molecule has 0 radical (unpaired) electrons. The molecule has 1 rings (SSSR count). The molecule has 0 heterocycles. The summed E-state index contributed by atoms with van der Waals surface area (Å²) in [4.78, 5) is 16.0. The van der Waals surface area contributed by atoms with Gasteiger partial charge in [-0.3, -0.25) is 9.79 Å². The van der Waals surface area contributed by atoms with Gasteiger partial charge >= 0.3 is 0 Å². The van der Waals surface area contributed by atoms with Gasteiger partial charge in [-0.05, 0) is 36.6 Å². The van der Waals surface area contributed by atoms with Crippen LogP contribution < -0.4 is 16.0 Å². The number of guanidine groups is 1. The molecule has 0 unspecified atom stereocenters. The average Bonchev–Trinajstić information content (AvgIpc) is 2.47. The molecule has 1 aromatic carbocycles. The molecule has 0 aliphatic carbocycles. The summed E-state index contributed by atoms with van der Waals surface area (Å²) in [5, 5.41) is 9.23. The van der Waals surface area contributed by atoms with Crippen molar-refractivity contribution in [2.24, 2.45) is 10.9 Å². The fourth-order valence-electron chi connectivity index (χ4n) is 1.75. The Balaban J connectivity index is 2.24. The summed E-state index contributed by atoms with van der Waals surface area (Å²) >= 11 is 3.36. The molecule has 122 valence electrons. The van der Waals surface area contributed by atoms with E-state index in [-0.39, 0.29) is 5.91 Å². The highest BCUT2D eigenvalue weighted by atomic mass is 79.9. The second kappa shape index (κ2) is 10.2. The SMILES string of the molecule is CN=C(NCCC(=O)Nc1ccc(Br)cc1)NCCC(C)C. The quantitative estimate of drug-likeness (QED) is 0.511. The Kier molecular flexibility index (Phi) is 8.58. The molecule has 0 fully saturated rings. The molecular formula is C16H25BrN4O. The third-order valence-corrected chi connectivity index (χ3v) is 3.54. The van der Waals surface area contributed by atoms with Gasteiger partial charge < -0.3 is 16.0 Å².